The van der Waals surface area contributed by atoms with Gasteiger partial charge in [-0.2, -0.15) is 0 Å². The molecule has 9 heteroatoms. The van der Waals surface area contributed by atoms with Crippen LogP contribution in [0.5, 0.6) is 0 Å². The molecule has 3 aromatic rings. The molecule has 0 spiro atoms. The third-order valence-corrected chi connectivity index (χ3v) is 4.24. The molecule has 130 valence electrons. The second-order valence-electron chi connectivity index (χ2n) is 5.10. The Morgan fingerprint density at radius 3 is 2.40 bits per heavy atom. The second kappa shape index (κ2) is 6.91. The zero-order valence-electron chi connectivity index (χ0n) is 13.2. The molecule has 3 N–H and O–H groups in total. The van der Waals surface area contributed by atoms with Gasteiger partial charge in [0, 0.05) is 0 Å². The Morgan fingerprint density at radius 2 is 1.76 bits per heavy atom. The first-order valence-electron chi connectivity index (χ1n) is 7.40. The zero-order valence-corrected chi connectivity index (χ0v) is 14.0. The highest BCUT2D eigenvalue weighted by atomic mass is 32.2. The van der Waals surface area contributed by atoms with E-state index in [1.54, 1.807) is 37.3 Å². The van der Waals surface area contributed by atoms with E-state index in [0.29, 0.717) is 28.0 Å². The average molecular weight is 361 g/mol. The van der Waals surface area contributed by atoms with Gasteiger partial charge in [0.05, 0.1) is 34.6 Å². The predicted molar refractivity (Wildman–Crippen MR) is 94.2 cm³/mol. The van der Waals surface area contributed by atoms with E-state index in [1.807, 2.05) is 0 Å². The summed E-state index contributed by atoms with van der Waals surface area (Å²) >= 11 is -2.35. The van der Waals surface area contributed by atoms with Gasteiger partial charge in [0.25, 0.3) is 11.3 Å². The number of carbonyl (C=O) groups excluding carboxylic acids is 1. The number of hydrogen-bond acceptors (Lipinski definition) is 4. The van der Waals surface area contributed by atoms with E-state index in [-0.39, 0.29) is 12.3 Å². The molecule has 25 heavy (non-hydrogen) atoms. The number of anilines is 2. The minimum absolute atomic E-state index is 0.266. The van der Waals surface area contributed by atoms with Crippen LogP contribution in [0.2, 0.25) is 0 Å². The highest BCUT2D eigenvalue weighted by Crippen LogP contribution is 2.28. The van der Waals surface area contributed by atoms with Crippen molar-refractivity contribution >= 4 is 39.6 Å². The summed E-state index contributed by atoms with van der Waals surface area (Å²) in [6.07, 6.45) is 0. The molecule has 0 radical (unpaired) electrons. The Kier molecular flexibility index (Phi) is 4.68. The average Bonchev–Trinajstić information content (AvgIpc) is 2.95. The topological polar surface area (TPSA) is 115 Å². The van der Waals surface area contributed by atoms with Gasteiger partial charge in [0.1, 0.15) is 0 Å². The summed E-state index contributed by atoms with van der Waals surface area (Å²) in [7, 11) is 0. The van der Waals surface area contributed by atoms with Crippen molar-refractivity contribution in [3.05, 3.63) is 58.5 Å². The lowest BCUT2D eigenvalue weighted by Gasteiger charge is -2.20. The molecule has 2 aromatic carbocycles. The number of ether oxygens (including phenoxy) is 1. The van der Waals surface area contributed by atoms with Crippen molar-refractivity contribution < 1.29 is 18.3 Å². The zero-order chi connectivity index (χ0) is 18.0. The molecule has 0 saturated carbocycles. The molecule has 0 bridgehead atoms. The van der Waals surface area contributed by atoms with Crippen molar-refractivity contribution in [2.45, 2.75) is 6.92 Å². The van der Waals surface area contributed by atoms with Gasteiger partial charge >= 0.3 is 11.7 Å². The van der Waals surface area contributed by atoms with Crippen molar-refractivity contribution in [1.29, 1.82) is 0 Å². The SMILES string of the molecule is CCOC(=O)c1ccc(N(c2ccc3[nH]c(=O)[nH]c3c2)S(=O)O)cc1. The van der Waals surface area contributed by atoms with E-state index >= 15 is 0 Å². The van der Waals surface area contributed by atoms with Crippen molar-refractivity contribution in [2.24, 2.45) is 0 Å². The molecule has 0 amide bonds. The monoisotopic (exact) mass is 361 g/mol. The number of imidazole rings is 1. The van der Waals surface area contributed by atoms with Crippen LogP contribution in [0, 0.1) is 0 Å². The maximum Gasteiger partial charge on any atom is 0.338 e. The standard InChI is InChI=1S/C16H15N3O5S/c1-2-24-15(20)10-3-5-11(6-4-10)19(25(22)23)12-7-8-13-14(9-12)18-16(21)17-13/h3-9H,2H2,1H3,(H,22,23)(H2,17,18,21). The Morgan fingerprint density at radius 1 is 1.12 bits per heavy atom. The number of nitrogens with one attached hydrogen (secondary N) is 2. The number of carbonyl (C=O) groups is 1. The van der Waals surface area contributed by atoms with Crippen LogP contribution in [-0.2, 0) is 16.0 Å². The fourth-order valence-electron chi connectivity index (χ4n) is 2.42. The summed E-state index contributed by atoms with van der Waals surface area (Å²) in [6.45, 7) is 1.98. The molecule has 0 aliphatic heterocycles. The van der Waals surface area contributed by atoms with Gasteiger partial charge in [-0.05, 0) is 49.4 Å². The Balaban J connectivity index is 1.98. The quantitative estimate of drug-likeness (QED) is 0.476. The summed E-state index contributed by atoms with van der Waals surface area (Å²) in [5.74, 6) is -0.461. The van der Waals surface area contributed by atoms with E-state index in [1.165, 1.54) is 16.4 Å². The maximum absolute atomic E-state index is 11.8. The van der Waals surface area contributed by atoms with Gasteiger partial charge in [-0.1, -0.05) is 0 Å². The molecular formula is C16H15N3O5S. The smallest absolute Gasteiger partial charge is 0.338 e. The predicted octanol–water partition coefficient (Wildman–Crippen LogP) is 2.31. The molecule has 1 aromatic heterocycles. The minimum atomic E-state index is -2.35. The van der Waals surface area contributed by atoms with Gasteiger partial charge < -0.3 is 14.7 Å². The molecule has 0 saturated heterocycles. The molecule has 0 aliphatic rings. The molecular weight excluding hydrogens is 346 g/mol. The van der Waals surface area contributed by atoms with Crippen LogP contribution in [0.1, 0.15) is 17.3 Å². The number of esters is 1. The number of fused-ring (bicyclic) bond motifs is 1. The number of aromatic amines is 2. The van der Waals surface area contributed by atoms with E-state index < -0.39 is 17.2 Å². The number of hydrogen-bond donors (Lipinski definition) is 3. The summed E-state index contributed by atoms with van der Waals surface area (Å²) < 4.78 is 27.6. The van der Waals surface area contributed by atoms with Crippen molar-refractivity contribution in [3.8, 4) is 0 Å². The fourth-order valence-corrected chi connectivity index (χ4v) is 3.02. The lowest BCUT2D eigenvalue weighted by Crippen LogP contribution is -2.19. The number of H-pyrrole nitrogens is 2. The lowest BCUT2D eigenvalue weighted by atomic mass is 10.2. The Labute approximate surface area is 144 Å². The first-order chi connectivity index (χ1) is 12.0. The normalized spacial score (nSPS) is 12.1. The first kappa shape index (κ1) is 16.9. The van der Waals surface area contributed by atoms with Crippen molar-refractivity contribution in [1.82, 2.24) is 9.97 Å². The van der Waals surface area contributed by atoms with Crippen LogP contribution >= 0.6 is 0 Å². The third-order valence-electron chi connectivity index (χ3n) is 3.50. The maximum atomic E-state index is 11.8. The van der Waals surface area contributed by atoms with Crippen LogP contribution in [0.15, 0.2) is 47.3 Å². The molecule has 0 aliphatic carbocycles. The number of rotatable bonds is 5. The van der Waals surface area contributed by atoms with Gasteiger partial charge in [-0.15, -0.1) is 0 Å². The molecule has 0 fully saturated rings. The summed E-state index contributed by atoms with van der Waals surface area (Å²) in [5, 5.41) is 0. The lowest BCUT2D eigenvalue weighted by molar-refractivity contribution is 0.0526. The van der Waals surface area contributed by atoms with Gasteiger partial charge in [-0.25, -0.2) is 18.1 Å². The second-order valence-corrected chi connectivity index (χ2v) is 5.93. The molecule has 1 heterocycles. The van der Waals surface area contributed by atoms with E-state index in [0.717, 1.165) is 0 Å². The first-order valence-corrected chi connectivity index (χ1v) is 8.46. The van der Waals surface area contributed by atoms with Crippen LogP contribution in [-0.4, -0.2) is 31.3 Å². The van der Waals surface area contributed by atoms with Gasteiger partial charge in [-0.3, -0.25) is 4.55 Å². The highest BCUT2D eigenvalue weighted by molar-refractivity contribution is 7.81. The van der Waals surface area contributed by atoms with Gasteiger partial charge in [0.2, 0.25) is 0 Å². The molecule has 1 atom stereocenters. The summed E-state index contributed by atoms with van der Waals surface area (Å²) in [6, 6.07) is 11.0. The molecule has 3 rings (SSSR count). The fraction of sp³-hybridized carbons (Fsp3) is 0.125. The Bertz CT molecular complexity index is 993. The molecule has 1 unspecified atom stereocenters. The summed E-state index contributed by atoms with van der Waals surface area (Å²) in [5.41, 5.74) is 1.91. The van der Waals surface area contributed by atoms with E-state index in [2.05, 4.69) is 9.97 Å². The minimum Gasteiger partial charge on any atom is -0.462 e. The van der Waals surface area contributed by atoms with Crippen LogP contribution in [0.25, 0.3) is 11.0 Å². The highest BCUT2D eigenvalue weighted by Gasteiger charge is 2.17. The molecule has 8 nitrogen and oxygen atoms in total. The largest absolute Gasteiger partial charge is 0.462 e. The number of benzene rings is 2. The van der Waals surface area contributed by atoms with Crippen molar-refractivity contribution in [3.63, 3.8) is 0 Å². The van der Waals surface area contributed by atoms with Crippen LogP contribution in [0.4, 0.5) is 11.4 Å². The van der Waals surface area contributed by atoms with Crippen molar-refractivity contribution in [2.75, 3.05) is 10.9 Å². The van der Waals surface area contributed by atoms with E-state index in [9.17, 15) is 18.4 Å². The third kappa shape index (κ3) is 3.47. The summed E-state index contributed by atoms with van der Waals surface area (Å²) in [4.78, 5) is 28.3. The van der Waals surface area contributed by atoms with Gasteiger partial charge in [0.15, 0.2) is 0 Å². The van der Waals surface area contributed by atoms with E-state index in [4.69, 9.17) is 4.74 Å². The number of aromatic nitrogens is 2. The Hall–Kier alpha value is -2.91. The van der Waals surface area contributed by atoms with Crippen LogP contribution in [0.3, 0.4) is 0 Å². The number of nitrogens with zero attached hydrogens (tertiary/aromatic N) is 1. The van der Waals surface area contributed by atoms with Crippen LogP contribution < -0.4 is 9.99 Å².